The maximum atomic E-state index is 13.5. The molecule has 6 heteroatoms. The Balaban J connectivity index is 2.12. The third-order valence-corrected chi connectivity index (χ3v) is 4.51. The molecule has 20 heavy (non-hydrogen) atoms. The van der Waals surface area contributed by atoms with Crippen LogP contribution in [0.4, 0.5) is 4.39 Å². The van der Waals surface area contributed by atoms with Crippen molar-refractivity contribution in [2.45, 2.75) is 0 Å². The quantitative estimate of drug-likeness (QED) is 0.735. The Bertz CT molecular complexity index is 831. The zero-order valence-corrected chi connectivity index (χ0v) is 12.3. The van der Waals surface area contributed by atoms with Crippen LogP contribution in [0.3, 0.4) is 0 Å². The normalized spacial score (nSPS) is 10.9. The summed E-state index contributed by atoms with van der Waals surface area (Å²) in [7, 11) is 0. The van der Waals surface area contributed by atoms with Gasteiger partial charge in [-0.15, -0.1) is 11.3 Å². The Labute approximate surface area is 125 Å². The topological polar surface area (TPSA) is 50.2 Å². The van der Waals surface area contributed by atoms with Crippen LogP contribution in [-0.4, -0.2) is 16.1 Å². The predicted octanol–water partition coefficient (Wildman–Crippen LogP) is 4.56. The number of fused-ring (bicyclic) bond motifs is 1. The number of aromatic carboxylic acids is 1. The molecule has 0 radical (unpaired) electrons. The summed E-state index contributed by atoms with van der Waals surface area (Å²) in [5, 5.41) is 9.63. The van der Waals surface area contributed by atoms with E-state index in [9.17, 15) is 9.18 Å². The largest absolute Gasteiger partial charge is 0.478 e. The Hall–Kier alpha value is -1.79. The summed E-state index contributed by atoms with van der Waals surface area (Å²) in [5.74, 6) is -1.33. The predicted molar refractivity (Wildman–Crippen MR) is 79.7 cm³/mol. The van der Waals surface area contributed by atoms with E-state index in [0.29, 0.717) is 20.6 Å². The summed E-state index contributed by atoms with van der Waals surface area (Å²) in [5.41, 5.74) is 1.59. The fraction of sp³-hybridized carbons (Fsp3) is 0. The molecule has 0 unspecified atom stereocenters. The van der Waals surface area contributed by atoms with Crippen LogP contribution < -0.4 is 0 Å². The minimum Gasteiger partial charge on any atom is -0.478 e. The first kappa shape index (κ1) is 13.2. The molecule has 3 aromatic rings. The number of carbonyl (C=O) groups is 1. The number of rotatable bonds is 2. The number of thiazole rings is 1. The fourth-order valence-electron chi connectivity index (χ4n) is 1.81. The average Bonchev–Trinajstić information content (AvgIpc) is 2.84. The second kappa shape index (κ2) is 4.96. The number of carboxylic acids is 1. The molecule has 0 amide bonds. The summed E-state index contributed by atoms with van der Waals surface area (Å²) >= 11 is 4.44. The minimum absolute atomic E-state index is 0.217. The standard InChI is InChI=1S/C14H7BrFNO2S/c15-9-3-1-7(5-10(9)16)13-17-11-4-2-8(14(18)19)6-12(11)20-13/h1-6H,(H,18,19). The minimum atomic E-state index is -0.975. The van der Waals surface area contributed by atoms with Crippen molar-refractivity contribution in [3.63, 3.8) is 0 Å². The van der Waals surface area contributed by atoms with E-state index >= 15 is 0 Å². The molecule has 1 heterocycles. The summed E-state index contributed by atoms with van der Waals surface area (Å²) in [6.07, 6.45) is 0. The third-order valence-electron chi connectivity index (χ3n) is 2.80. The smallest absolute Gasteiger partial charge is 0.335 e. The van der Waals surface area contributed by atoms with Crippen LogP contribution in [0.5, 0.6) is 0 Å². The Morgan fingerprint density at radius 2 is 2.05 bits per heavy atom. The molecule has 0 aliphatic rings. The van der Waals surface area contributed by atoms with Crippen molar-refractivity contribution < 1.29 is 14.3 Å². The van der Waals surface area contributed by atoms with E-state index in [0.717, 1.165) is 4.70 Å². The van der Waals surface area contributed by atoms with Crippen LogP contribution in [0.1, 0.15) is 10.4 Å². The van der Waals surface area contributed by atoms with Gasteiger partial charge in [0.05, 0.1) is 20.3 Å². The van der Waals surface area contributed by atoms with Gasteiger partial charge in [-0.25, -0.2) is 14.2 Å². The first-order valence-corrected chi connectivity index (χ1v) is 7.25. The molecule has 2 aromatic carbocycles. The van der Waals surface area contributed by atoms with E-state index < -0.39 is 5.97 Å². The van der Waals surface area contributed by atoms with Crippen LogP contribution in [0, 0.1) is 5.82 Å². The zero-order chi connectivity index (χ0) is 14.3. The number of nitrogens with zero attached hydrogens (tertiary/aromatic N) is 1. The molecule has 0 aliphatic heterocycles. The summed E-state index contributed by atoms with van der Waals surface area (Å²) < 4.78 is 14.7. The lowest BCUT2D eigenvalue weighted by Crippen LogP contribution is -1.94. The number of aromatic nitrogens is 1. The fourth-order valence-corrected chi connectivity index (χ4v) is 3.06. The van der Waals surface area contributed by atoms with Crippen molar-refractivity contribution in [1.82, 2.24) is 4.98 Å². The van der Waals surface area contributed by atoms with Crippen molar-refractivity contribution in [2.24, 2.45) is 0 Å². The first-order valence-electron chi connectivity index (χ1n) is 5.64. The first-order chi connectivity index (χ1) is 9.54. The highest BCUT2D eigenvalue weighted by molar-refractivity contribution is 9.10. The van der Waals surface area contributed by atoms with Crippen LogP contribution in [0.2, 0.25) is 0 Å². The molecule has 3 nitrogen and oxygen atoms in total. The molecule has 1 aromatic heterocycles. The Kier molecular flexibility index (Phi) is 3.27. The molecule has 100 valence electrons. The highest BCUT2D eigenvalue weighted by Crippen LogP contribution is 2.32. The number of benzene rings is 2. The van der Waals surface area contributed by atoms with Gasteiger partial charge in [0, 0.05) is 5.56 Å². The van der Waals surface area contributed by atoms with Gasteiger partial charge in [-0.05, 0) is 46.3 Å². The van der Waals surface area contributed by atoms with Crippen LogP contribution in [0.25, 0.3) is 20.8 Å². The molecule has 0 aliphatic carbocycles. The number of carboxylic acid groups (broad SMARTS) is 1. The third kappa shape index (κ3) is 2.32. The van der Waals surface area contributed by atoms with Crippen molar-refractivity contribution in [3.8, 4) is 10.6 Å². The van der Waals surface area contributed by atoms with Gasteiger partial charge in [0.25, 0.3) is 0 Å². The van der Waals surface area contributed by atoms with Gasteiger partial charge in [0.2, 0.25) is 0 Å². The second-order valence-corrected chi connectivity index (χ2v) is 6.02. The molecule has 0 spiro atoms. The van der Waals surface area contributed by atoms with Gasteiger partial charge in [-0.2, -0.15) is 0 Å². The van der Waals surface area contributed by atoms with E-state index in [1.54, 1.807) is 24.3 Å². The molecule has 1 N–H and O–H groups in total. The Morgan fingerprint density at radius 1 is 1.25 bits per heavy atom. The zero-order valence-electron chi connectivity index (χ0n) is 9.93. The molecule has 0 atom stereocenters. The average molecular weight is 352 g/mol. The van der Waals surface area contributed by atoms with Gasteiger partial charge >= 0.3 is 5.97 Å². The molecular formula is C14H7BrFNO2S. The van der Waals surface area contributed by atoms with Crippen molar-refractivity contribution in [3.05, 3.63) is 52.3 Å². The van der Waals surface area contributed by atoms with Gasteiger partial charge in [0.1, 0.15) is 10.8 Å². The van der Waals surface area contributed by atoms with E-state index in [-0.39, 0.29) is 11.4 Å². The van der Waals surface area contributed by atoms with E-state index in [4.69, 9.17) is 5.11 Å². The molecule has 3 rings (SSSR count). The summed E-state index contributed by atoms with van der Waals surface area (Å²) in [6, 6.07) is 9.54. The molecule has 0 bridgehead atoms. The Morgan fingerprint density at radius 3 is 2.75 bits per heavy atom. The van der Waals surface area contributed by atoms with Gasteiger partial charge in [0.15, 0.2) is 0 Å². The molecular weight excluding hydrogens is 345 g/mol. The van der Waals surface area contributed by atoms with Crippen LogP contribution >= 0.6 is 27.3 Å². The summed E-state index contributed by atoms with van der Waals surface area (Å²) in [4.78, 5) is 15.3. The maximum Gasteiger partial charge on any atom is 0.335 e. The maximum absolute atomic E-state index is 13.5. The van der Waals surface area contributed by atoms with Crippen molar-refractivity contribution in [1.29, 1.82) is 0 Å². The lowest BCUT2D eigenvalue weighted by molar-refractivity contribution is 0.0697. The SMILES string of the molecule is O=C(O)c1ccc2nc(-c3ccc(Br)c(F)c3)sc2c1. The second-order valence-electron chi connectivity index (χ2n) is 4.14. The number of hydrogen-bond donors (Lipinski definition) is 1. The van der Waals surface area contributed by atoms with Crippen molar-refractivity contribution >= 4 is 43.5 Å². The van der Waals surface area contributed by atoms with Gasteiger partial charge in [-0.3, -0.25) is 0 Å². The number of halogens is 2. The van der Waals surface area contributed by atoms with Crippen molar-refractivity contribution in [2.75, 3.05) is 0 Å². The van der Waals surface area contributed by atoms with E-state index in [1.807, 2.05) is 0 Å². The number of hydrogen-bond acceptors (Lipinski definition) is 3. The highest BCUT2D eigenvalue weighted by Gasteiger charge is 2.11. The lowest BCUT2D eigenvalue weighted by Gasteiger charge is -1.97. The van der Waals surface area contributed by atoms with Crippen LogP contribution in [-0.2, 0) is 0 Å². The van der Waals surface area contributed by atoms with Crippen LogP contribution in [0.15, 0.2) is 40.9 Å². The highest BCUT2D eigenvalue weighted by atomic mass is 79.9. The van der Waals surface area contributed by atoms with E-state index in [2.05, 4.69) is 20.9 Å². The monoisotopic (exact) mass is 351 g/mol. The molecule has 0 fully saturated rings. The lowest BCUT2D eigenvalue weighted by atomic mass is 10.2. The molecule has 0 saturated carbocycles. The van der Waals surface area contributed by atoms with Gasteiger partial charge in [-0.1, -0.05) is 6.07 Å². The molecule has 0 saturated heterocycles. The van der Waals surface area contributed by atoms with E-state index in [1.165, 1.54) is 23.5 Å². The van der Waals surface area contributed by atoms with Gasteiger partial charge < -0.3 is 5.11 Å². The summed E-state index contributed by atoms with van der Waals surface area (Å²) in [6.45, 7) is 0.